The summed E-state index contributed by atoms with van der Waals surface area (Å²) >= 11 is 0. The van der Waals surface area contributed by atoms with Crippen molar-refractivity contribution >= 4 is 27.7 Å². The molecule has 2 aromatic heterocycles. The highest BCUT2D eigenvalue weighted by Gasteiger charge is 2.24. The molecule has 4 N–H and O–H groups in total. The molecule has 1 aliphatic rings. The maximum atomic E-state index is 13.0. The first-order valence-electron chi connectivity index (χ1n) is 10.1. The molecule has 7 nitrogen and oxygen atoms in total. The number of rotatable bonds is 5. The van der Waals surface area contributed by atoms with Gasteiger partial charge in [0, 0.05) is 36.1 Å². The predicted molar refractivity (Wildman–Crippen MR) is 110 cm³/mol. The van der Waals surface area contributed by atoms with Gasteiger partial charge in [-0.25, -0.2) is 0 Å². The second-order valence-corrected chi connectivity index (χ2v) is 7.80. The Balaban J connectivity index is 1.47. The van der Waals surface area contributed by atoms with Crippen molar-refractivity contribution in [3.8, 4) is 0 Å². The number of nitrogens with one attached hydrogen (secondary N) is 2. The third-order valence-electron chi connectivity index (χ3n) is 5.86. The Labute approximate surface area is 163 Å². The standard InChI is InChI=1S/C21H27N5O2/c1-13-18-19(25-24-13)16-5-2-3-6-17(16)26(21(18)28)12-4-11-23-20(27)14-7-9-15(22)10-8-14/h2-3,5-6,14-15H,4,7-12,22H2,1H3,(H,23,27)(H,24,25). The van der Waals surface area contributed by atoms with Crippen LogP contribution in [-0.2, 0) is 11.3 Å². The SMILES string of the molecule is Cc1[nH]nc2c1c(=O)n(CCCNC(=O)C1CCC(N)CC1)c1ccccc21. The lowest BCUT2D eigenvalue weighted by molar-refractivity contribution is -0.126. The van der Waals surface area contributed by atoms with Crippen LogP contribution in [0.5, 0.6) is 0 Å². The second-order valence-electron chi connectivity index (χ2n) is 7.80. The van der Waals surface area contributed by atoms with E-state index >= 15 is 0 Å². The first-order chi connectivity index (χ1) is 13.6. The number of carbonyl (C=O) groups is 1. The molecule has 7 heteroatoms. The molecule has 1 fully saturated rings. The molecule has 0 radical (unpaired) electrons. The summed E-state index contributed by atoms with van der Waals surface area (Å²) < 4.78 is 1.80. The Morgan fingerprint density at radius 2 is 2.04 bits per heavy atom. The second kappa shape index (κ2) is 7.75. The quantitative estimate of drug-likeness (QED) is 0.589. The van der Waals surface area contributed by atoms with E-state index in [1.165, 1.54) is 0 Å². The molecular formula is C21H27N5O2. The summed E-state index contributed by atoms with van der Waals surface area (Å²) in [5, 5.41) is 11.9. The van der Waals surface area contributed by atoms with E-state index in [0.29, 0.717) is 24.9 Å². The van der Waals surface area contributed by atoms with Gasteiger partial charge in [-0.3, -0.25) is 14.7 Å². The molecule has 0 spiro atoms. The van der Waals surface area contributed by atoms with E-state index in [4.69, 9.17) is 5.73 Å². The fraction of sp³-hybridized carbons (Fsp3) is 0.476. The van der Waals surface area contributed by atoms with E-state index in [1.54, 1.807) is 4.57 Å². The molecule has 2 heterocycles. The van der Waals surface area contributed by atoms with Gasteiger partial charge in [0.1, 0.15) is 5.52 Å². The maximum Gasteiger partial charge on any atom is 0.262 e. The molecule has 1 amide bonds. The van der Waals surface area contributed by atoms with Crippen molar-refractivity contribution in [2.24, 2.45) is 11.7 Å². The summed E-state index contributed by atoms with van der Waals surface area (Å²) in [6, 6.07) is 8.06. The van der Waals surface area contributed by atoms with Gasteiger partial charge in [0.25, 0.3) is 5.56 Å². The molecule has 4 rings (SSSR count). The van der Waals surface area contributed by atoms with Crippen molar-refractivity contribution in [1.29, 1.82) is 0 Å². The molecule has 0 atom stereocenters. The summed E-state index contributed by atoms with van der Waals surface area (Å²) in [7, 11) is 0. The average Bonchev–Trinajstić information content (AvgIpc) is 3.10. The van der Waals surface area contributed by atoms with E-state index < -0.39 is 0 Å². The number of aryl methyl sites for hydroxylation is 2. The van der Waals surface area contributed by atoms with E-state index in [-0.39, 0.29) is 23.4 Å². The van der Waals surface area contributed by atoms with Crippen molar-refractivity contribution in [3.63, 3.8) is 0 Å². The van der Waals surface area contributed by atoms with Crippen LogP contribution < -0.4 is 16.6 Å². The highest BCUT2D eigenvalue weighted by atomic mass is 16.2. The number of fused-ring (bicyclic) bond motifs is 3. The van der Waals surface area contributed by atoms with Gasteiger partial charge in [0.2, 0.25) is 5.91 Å². The summed E-state index contributed by atoms with van der Waals surface area (Å²) in [6.07, 6.45) is 4.28. The maximum absolute atomic E-state index is 13.0. The Hall–Kier alpha value is -2.67. The number of aromatic amines is 1. The minimum atomic E-state index is -0.0347. The molecule has 0 saturated heterocycles. The van der Waals surface area contributed by atoms with Gasteiger partial charge in [-0.2, -0.15) is 5.10 Å². The molecule has 148 valence electrons. The predicted octanol–water partition coefficient (Wildman–Crippen LogP) is 2.21. The van der Waals surface area contributed by atoms with Crippen LogP contribution in [0.25, 0.3) is 21.8 Å². The number of carbonyl (C=O) groups excluding carboxylic acids is 1. The topological polar surface area (TPSA) is 106 Å². The molecule has 0 unspecified atom stereocenters. The summed E-state index contributed by atoms with van der Waals surface area (Å²) in [5.41, 5.74) is 8.26. The molecule has 0 bridgehead atoms. The monoisotopic (exact) mass is 381 g/mol. The summed E-state index contributed by atoms with van der Waals surface area (Å²) in [4.78, 5) is 25.4. The Kier molecular flexibility index (Phi) is 5.17. The smallest absolute Gasteiger partial charge is 0.262 e. The average molecular weight is 381 g/mol. The van der Waals surface area contributed by atoms with Gasteiger partial charge in [-0.15, -0.1) is 0 Å². The minimum absolute atomic E-state index is 0.0347. The van der Waals surface area contributed by atoms with E-state index in [0.717, 1.165) is 47.8 Å². The third-order valence-corrected chi connectivity index (χ3v) is 5.86. The van der Waals surface area contributed by atoms with E-state index in [1.807, 2.05) is 31.2 Å². The zero-order valence-corrected chi connectivity index (χ0v) is 16.2. The molecule has 1 saturated carbocycles. The zero-order valence-electron chi connectivity index (χ0n) is 16.2. The van der Waals surface area contributed by atoms with Crippen molar-refractivity contribution in [2.75, 3.05) is 6.54 Å². The molecular weight excluding hydrogens is 354 g/mol. The van der Waals surface area contributed by atoms with Crippen LogP contribution in [0.2, 0.25) is 0 Å². The number of aromatic nitrogens is 3. The van der Waals surface area contributed by atoms with Crippen LogP contribution in [0.15, 0.2) is 29.1 Å². The highest BCUT2D eigenvalue weighted by Crippen LogP contribution is 2.24. The van der Waals surface area contributed by atoms with Crippen LogP contribution >= 0.6 is 0 Å². The Bertz CT molecular complexity index is 1060. The number of para-hydroxylation sites is 1. The van der Waals surface area contributed by atoms with E-state index in [2.05, 4.69) is 15.5 Å². The molecule has 28 heavy (non-hydrogen) atoms. The van der Waals surface area contributed by atoms with Gasteiger partial charge in [0.05, 0.1) is 10.9 Å². The van der Waals surface area contributed by atoms with Gasteiger partial charge < -0.3 is 15.6 Å². The fourth-order valence-corrected chi connectivity index (χ4v) is 4.24. The Morgan fingerprint density at radius 3 is 2.82 bits per heavy atom. The van der Waals surface area contributed by atoms with Crippen molar-refractivity contribution in [3.05, 3.63) is 40.3 Å². The van der Waals surface area contributed by atoms with Crippen molar-refractivity contribution in [1.82, 2.24) is 20.1 Å². The molecule has 3 aromatic rings. The van der Waals surface area contributed by atoms with Gasteiger partial charge in [-0.05, 0) is 45.1 Å². The normalized spacial score (nSPS) is 19.9. The Morgan fingerprint density at radius 1 is 1.29 bits per heavy atom. The van der Waals surface area contributed by atoms with Crippen LogP contribution in [-0.4, -0.2) is 33.3 Å². The number of H-pyrrole nitrogens is 1. The molecule has 1 aromatic carbocycles. The summed E-state index contributed by atoms with van der Waals surface area (Å²) in [5.74, 6) is 0.193. The van der Waals surface area contributed by atoms with Crippen LogP contribution in [0, 0.1) is 12.8 Å². The first kappa shape index (κ1) is 18.7. The van der Waals surface area contributed by atoms with Crippen LogP contribution in [0.1, 0.15) is 37.8 Å². The van der Waals surface area contributed by atoms with Gasteiger partial charge >= 0.3 is 0 Å². The third kappa shape index (κ3) is 3.42. The van der Waals surface area contributed by atoms with Crippen molar-refractivity contribution < 1.29 is 4.79 Å². The first-order valence-corrected chi connectivity index (χ1v) is 10.1. The highest BCUT2D eigenvalue weighted by molar-refractivity contribution is 6.03. The number of pyridine rings is 1. The minimum Gasteiger partial charge on any atom is -0.356 e. The summed E-state index contributed by atoms with van der Waals surface area (Å²) in [6.45, 7) is 2.98. The number of benzene rings is 1. The number of amides is 1. The van der Waals surface area contributed by atoms with Crippen LogP contribution in [0.3, 0.4) is 0 Å². The largest absolute Gasteiger partial charge is 0.356 e. The molecule has 0 aliphatic heterocycles. The number of hydrogen-bond donors (Lipinski definition) is 3. The number of nitrogens with zero attached hydrogens (tertiary/aromatic N) is 2. The lowest BCUT2D eigenvalue weighted by atomic mass is 9.86. The van der Waals surface area contributed by atoms with E-state index in [9.17, 15) is 9.59 Å². The van der Waals surface area contributed by atoms with Crippen molar-refractivity contribution in [2.45, 2.75) is 51.6 Å². The fourth-order valence-electron chi connectivity index (χ4n) is 4.24. The number of nitrogens with two attached hydrogens (primary N) is 1. The van der Waals surface area contributed by atoms with Crippen LogP contribution in [0.4, 0.5) is 0 Å². The number of hydrogen-bond acceptors (Lipinski definition) is 4. The van der Waals surface area contributed by atoms with Gasteiger partial charge in [-0.1, -0.05) is 18.2 Å². The molecule has 1 aliphatic carbocycles. The van der Waals surface area contributed by atoms with Gasteiger partial charge in [0.15, 0.2) is 0 Å². The zero-order chi connectivity index (χ0) is 19.7. The lowest BCUT2D eigenvalue weighted by Crippen LogP contribution is -2.37. The lowest BCUT2D eigenvalue weighted by Gasteiger charge is -2.25.